The topological polar surface area (TPSA) is 18.5 Å². The van der Waals surface area contributed by atoms with Crippen LogP contribution in [0.3, 0.4) is 0 Å². The minimum absolute atomic E-state index is 0.261. The van der Waals surface area contributed by atoms with E-state index in [2.05, 4.69) is 0 Å². The quantitative estimate of drug-likeness (QED) is 0.518. The average Bonchev–Trinajstić information content (AvgIpc) is 1.59. The minimum Gasteiger partial charge on any atom is -0.319 e. The maximum absolute atomic E-state index is 5.63. The third kappa shape index (κ3) is 2.38. The zero-order chi connectivity index (χ0) is 6.85. The highest BCUT2D eigenvalue weighted by Crippen LogP contribution is 2.50. The Morgan fingerprint density at radius 2 is 1.78 bits per heavy atom. The van der Waals surface area contributed by atoms with Crippen LogP contribution in [-0.4, -0.2) is 12.2 Å². The summed E-state index contributed by atoms with van der Waals surface area (Å²) in [5, 5.41) is 0. The fourth-order valence-corrected chi connectivity index (χ4v) is 2.47. The Balaban J connectivity index is 2.34. The maximum Gasteiger partial charge on any atom is 0.277 e. The van der Waals surface area contributed by atoms with Gasteiger partial charge in [-0.3, -0.25) is 0 Å². The van der Waals surface area contributed by atoms with Crippen LogP contribution in [0, 0.1) is 0 Å². The fraction of sp³-hybridized carbons (Fsp3) is 1.00. The predicted molar refractivity (Wildman–Crippen MR) is 38.5 cm³/mol. The molecule has 0 radical (unpaired) electrons. The molecule has 2 atom stereocenters. The van der Waals surface area contributed by atoms with Crippen molar-refractivity contribution in [1.82, 2.24) is 0 Å². The highest BCUT2D eigenvalue weighted by Gasteiger charge is 2.23. The van der Waals surface area contributed by atoms with E-state index in [-0.39, 0.29) is 12.2 Å². The molecule has 54 valence electrons. The van der Waals surface area contributed by atoms with Crippen LogP contribution in [-0.2, 0) is 9.05 Å². The monoisotopic (exact) mass is 168 g/mol. The fourth-order valence-electron chi connectivity index (χ4n) is 0.861. The van der Waals surface area contributed by atoms with Gasteiger partial charge in [-0.15, -0.1) is 0 Å². The van der Waals surface area contributed by atoms with E-state index < -0.39 is 7.73 Å². The summed E-state index contributed by atoms with van der Waals surface area (Å²) in [5.74, 6) is 0. The summed E-state index contributed by atoms with van der Waals surface area (Å²) in [6.07, 6.45) is 1.47. The molecule has 4 heteroatoms. The van der Waals surface area contributed by atoms with Crippen molar-refractivity contribution in [3.05, 3.63) is 0 Å². The van der Waals surface area contributed by atoms with E-state index in [1.807, 2.05) is 13.8 Å². The van der Waals surface area contributed by atoms with Crippen molar-refractivity contribution in [1.29, 1.82) is 0 Å². The second-order valence-corrected chi connectivity index (χ2v) is 3.96. The van der Waals surface area contributed by atoms with Gasteiger partial charge in [-0.1, -0.05) is 0 Å². The molecule has 0 bridgehead atoms. The Kier molecular flexibility index (Phi) is 2.72. The predicted octanol–water partition coefficient (Wildman–Crippen LogP) is 2.67. The lowest BCUT2D eigenvalue weighted by Gasteiger charge is -2.27. The van der Waals surface area contributed by atoms with E-state index in [4.69, 9.17) is 20.3 Å². The lowest BCUT2D eigenvalue weighted by molar-refractivity contribution is 0.0799. The standard InChI is InChI=1S/C5H10ClO2P/c1-4-3-5(2)8-9(6)7-4/h4-5H,3H2,1-2H3. The van der Waals surface area contributed by atoms with Crippen molar-refractivity contribution in [3.63, 3.8) is 0 Å². The van der Waals surface area contributed by atoms with E-state index in [0.717, 1.165) is 6.42 Å². The van der Waals surface area contributed by atoms with E-state index in [0.29, 0.717) is 0 Å². The van der Waals surface area contributed by atoms with E-state index >= 15 is 0 Å². The summed E-state index contributed by atoms with van der Waals surface area (Å²) in [4.78, 5) is 0. The zero-order valence-electron chi connectivity index (χ0n) is 5.50. The maximum atomic E-state index is 5.63. The van der Waals surface area contributed by atoms with E-state index in [1.165, 1.54) is 0 Å². The minimum atomic E-state index is -1.10. The van der Waals surface area contributed by atoms with Crippen LogP contribution in [0.15, 0.2) is 0 Å². The highest BCUT2D eigenvalue weighted by molar-refractivity contribution is 7.76. The first-order chi connectivity index (χ1) is 4.18. The van der Waals surface area contributed by atoms with Crippen LogP contribution in [0.2, 0.25) is 0 Å². The van der Waals surface area contributed by atoms with Gasteiger partial charge in [-0.25, -0.2) is 0 Å². The molecule has 1 fully saturated rings. The molecule has 2 nitrogen and oxygen atoms in total. The third-order valence-electron chi connectivity index (χ3n) is 1.19. The van der Waals surface area contributed by atoms with Crippen LogP contribution in [0.1, 0.15) is 20.3 Å². The van der Waals surface area contributed by atoms with Crippen LogP contribution >= 0.6 is 19.0 Å². The summed E-state index contributed by atoms with van der Waals surface area (Å²) in [7, 11) is -1.10. The Hall–Kier alpha value is 0.640. The van der Waals surface area contributed by atoms with Crippen LogP contribution in [0.4, 0.5) is 0 Å². The normalized spacial score (nSPS) is 45.0. The Morgan fingerprint density at radius 3 is 2.11 bits per heavy atom. The van der Waals surface area contributed by atoms with Gasteiger partial charge < -0.3 is 9.05 Å². The summed E-state index contributed by atoms with van der Waals surface area (Å²) in [5.41, 5.74) is 0. The van der Waals surface area contributed by atoms with Crippen LogP contribution in [0.25, 0.3) is 0 Å². The molecule has 1 aliphatic rings. The van der Waals surface area contributed by atoms with Gasteiger partial charge in [0.1, 0.15) is 0 Å². The molecule has 1 saturated heterocycles. The Bertz CT molecular complexity index is 75.9. The number of rotatable bonds is 0. The molecule has 1 aliphatic heterocycles. The third-order valence-corrected chi connectivity index (χ3v) is 2.72. The van der Waals surface area contributed by atoms with Crippen molar-refractivity contribution in [3.8, 4) is 0 Å². The van der Waals surface area contributed by atoms with Crippen molar-refractivity contribution < 1.29 is 9.05 Å². The molecule has 0 amide bonds. The SMILES string of the molecule is CC1CC(C)OP(Cl)O1. The molecular weight excluding hydrogens is 158 g/mol. The lowest BCUT2D eigenvalue weighted by atomic mass is 10.2. The number of hydrogen-bond acceptors (Lipinski definition) is 2. The number of hydrogen-bond donors (Lipinski definition) is 0. The van der Waals surface area contributed by atoms with Crippen LogP contribution < -0.4 is 0 Å². The van der Waals surface area contributed by atoms with E-state index in [9.17, 15) is 0 Å². The van der Waals surface area contributed by atoms with Crippen molar-refractivity contribution in [2.45, 2.75) is 32.5 Å². The van der Waals surface area contributed by atoms with Gasteiger partial charge in [0.25, 0.3) is 7.73 Å². The van der Waals surface area contributed by atoms with Crippen LogP contribution in [0.5, 0.6) is 0 Å². The second-order valence-electron chi connectivity index (χ2n) is 2.28. The summed E-state index contributed by atoms with van der Waals surface area (Å²) < 4.78 is 10.3. The van der Waals surface area contributed by atoms with Gasteiger partial charge in [0.15, 0.2) is 0 Å². The molecule has 0 saturated carbocycles. The lowest BCUT2D eigenvalue weighted by Crippen LogP contribution is -2.20. The van der Waals surface area contributed by atoms with Gasteiger partial charge in [0.05, 0.1) is 12.2 Å². The highest BCUT2D eigenvalue weighted by atomic mass is 35.7. The van der Waals surface area contributed by atoms with Gasteiger partial charge >= 0.3 is 0 Å². The molecule has 1 rings (SSSR count). The first-order valence-corrected chi connectivity index (χ1v) is 5.06. The van der Waals surface area contributed by atoms with Gasteiger partial charge in [0, 0.05) is 6.42 Å². The zero-order valence-corrected chi connectivity index (χ0v) is 7.15. The van der Waals surface area contributed by atoms with Gasteiger partial charge in [-0.2, -0.15) is 0 Å². The smallest absolute Gasteiger partial charge is 0.277 e. The Labute approximate surface area is 61.2 Å². The molecule has 0 spiro atoms. The van der Waals surface area contributed by atoms with Crippen molar-refractivity contribution in [2.75, 3.05) is 0 Å². The molecule has 0 aromatic carbocycles. The summed E-state index contributed by atoms with van der Waals surface area (Å²) >= 11 is 5.63. The largest absolute Gasteiger partial charge is 0.319 e. The molecule has 0 aromatic heterocycles. The first-order valence-electron chi connectivity index (χ1n) is 2.98. The molecule has 2 unspecified atom stereocenters. The average molecular weight is 169 g/mol. The summed E-state index contributed by atoms with van der Waals surface area (Å²) in [6.45, 7) is 4.02. The molecule has 1 heterocycles. The first kappa shape index (κ1) is 7.74. The van der Waals surface area contributed by atoms with Gasteiger partial charge in [0.2, 0.25) is 0 Å². The number of halogens is 1. The molecule has 0 aromatic rings. The molecule has 0 aliphatic carbocycles. The summed E-state index contributed by atoms with van der Waals surface area (Å²) in [6, 6.07) is 0. The Morgan fingerprint density at radius 1 is 1.33 bits per heavy atom. The van der Waals surface area contributed by atoms with Crippen molar-refractivity contribution >= 4 is 19.0 Å². The van der Waals surface area contributed by atoms with Crippen molar-refractivity contribution in [2.24, 2.45) is 0 Å². The molecule has 9 heavy (non-hydrogen) atoms. The molecule has 0 N–H and O–H groups in total. The second kappa shape index (κ2) is 3.16. The van der Waals surface area contributed by atoms with E-state index in [1.54, 1.807) is 0 Å². The molecular formula is C5H10ClO2P. The van der Waals surface area contributed by atoms with Gasteiger partial charge in [-0.05, 0) is 25.1 Å².